The van der Waals surface area contributed by atoms with Crippen molar-refractivity contribution in [3.63, 3.8) is 0 Å². The number of hydrogen-bond donors (Lipinski definition) is 1. The Balaban J connectivity index is 2.00. The average molecular weight is 241 g/mol. The van der Waals surface area contributed by atoms with Crippen molar-refractivity contribution in [2.24, 2.45) is 0 Å². The van der Waals surface area contributed by atoms with Gasteiger partial charge in [-0.2, -0.15) is 0 Å². The van der Waals surface area contributed by atoms with Crippen molar-refractivity contribution in [3.05, 3.63) is 17.0 Å². The molecule has 88 valence electrons. The van der Waals surface area contributed by atoms with E-state index in [0.29, 0.717) is 11.2 Å². The molecule has 0 spiro atoms. The monoisotopic (exact) mass is 240 g/mol. The second kappa shape index (κ2) is 4.97. The second-order valence-electron chi connectivity index (χ2n) is 4.38. The van der Waals surface area contributed by atoms with E-state index < -0.39 is 0 Å². The van der Waals surface area contributed by atoms with Crippen molar-refractivity contribution in [2.75, 3.05) is 25.5 Å². The number of hydrogen-bond acceptors (Lipinski definition) is 4. The number of halogens is 1. The molecule has 0 saturated carbocycles. The molecule has 16 heavy (non-hydrogen) atoms. The molecule has 1 aliphatic rings. The Morgan fingerprint density at radius 1 is 1.56 bits per heavy atom. The maximum Gasteiger partial charge on any atom is 0.150 e. The number of piperidine rings is 1. The molecule has 1 aliphatic heterocycles. The van der Waals surface area contributed by atoms with Crippen molar-refractivity contribution < 1.29 is 0 Å². The minimum absolute atomic E-state index is 0.466. The Kier molecular flexibility index (Phi) is 3.61. The number of likely N-dealkylation sites (tertiary alicyclic amines) is 1. The summed E-state index contributed by atoms with van der Waals surface area (Å²) in [6.07, 6.45) is 4.12. The molecule has 0 radical (unpaired) electrons. The lowest BCUT2D eigenvalue weighted by Crippen LogP contribution is -2.39. The first-order valence-electron chi connectivity index (χ1n) is 5.59. The van der Waals surface area contributed by atoms with Crippen LogP contribution in [0.4, 0.5) is 5.82 Å². The van der Waals surface area contributed by atoms with Crippen LogP contribution in [-0.2, 0) is 0 Å². The molecule has 1 saturated heterocycles. The van der Waals surface area contributed by atoms with Gasteiger partial charge in [-0.25, -0.2) is 9.97 Å². The molecule has 1 aromatic rings. The second-order valence-corrected chi connectivity index (χ2v) is 4.74. The van der Waals surface area contributed by atoms with Gasteiger partial charge in [0.15, 0.2) is 0 Å². The fourth-order valence-electron chi connectivity index (χ4n) is 2.03. The molecular formula is C11H17ClN4. The Labute approximate surface area is 101 Å². The maximum absolute atomic E-state index is 5.84. The molecule has 4 nitrogen and oxygen atoms in total. The Hall–Kier alpha value is -0.870. The zero-order valence-electron chi connectivity index (χ0n) is 9.70. The Morgan fingerprint density at radius 3 is 3.06 bits per heavy atom. The van der Waals surface area contributed by atoms with Crippen LogP contribution in [0.15, 0.2) is 6.20 Å². The summed E-state index contributed by atoms with van der Waals surface area (Å²) in [5.74, 6) is 0.821. The van der Waals surface area contributed by atoms with Crippen molar-refractivity contribution in [1.82, 2.24) is 14.9 Å². The molecule has 0 amide bonds. The maximum atomic E-state index is 5.84. The minimum Gasteiger partial charge on any atom is -0.365 e. The highest BCUT2D eigenvalue weighted by Crippen LogP contribution is 2.15. The number of aromatic nitrogens is 2. The van der Waals surface area contributed by atoms with Crippen LogP contribution in [-0.4, -0.2) is 41.0 Å². The fourth-order valence-corrected chi connectivity index (χ4v) is 2.12. The summed E-state index contributed by atoms with van der Waals surface area (Å²) >= 11 is 5.84. The number of rotatable bonds is 2. The highest BCUT2D eigenvalue weighted by Gasteiger charge is 2.17. The summed E-state index contributed by atoms with van der Waals surface area (Å²) in [5, 5.41) is 3.88. The van der Waals surface area contributed by atoms with Gasteiger partial charge in [0.2, 0.25) is 0 Å². The van der Waals surface area contributed by atoms with Gasteiger partial charge in [0.1, 0.15) is 11.0 Å². The summed E-state index contributed by atoms with van der Waals surface area (Å²) in [4.78, 5) is 10.8. The highest BCUT2D eigenvalue weighted by molar-refractivity contribution is 6.29. The van der Waals surface area contributed by atoms with Gasteiger partial charge in [-0.15, -0.1) is 0 Å². The van der Waals surface area contributed by atoms with E-state index in [1.807, 2.05) is 6.92 Å². The van der Waals surface area contributed by atoms with E-state index in [1.54, 1.807) is 6.20 Å². The van der Waals surface area contributed by atoms with E-state index >= 15 is 0 Å². The molecule has 2 heterocycles. The SMILES string of the molecule is Cc1nc(NC2CCCN(C)C2)cnc1Cl. The van der Waals surface area contributed by atoms with Gasteiger partial charge in [0.05, 0.1) is 11.9 Å². The number of nitrogens with zero attached hydrogens (tertiary/aromatic N) is 3. The average Bonchev–Trinajstić information content (AvgIpc) is 2.24. The molecule has 0 bridgehead atoms. The quantitative estimate of drug-likeness (QED) is 0.858. The molecule has 0 aliphatic carbocycles. The van der Waals surface area contributed by atoms with Crippen LogP contribution in [0.25, 0.3) is 0 Å². The molecular weight excluding hydrogens is 224 g/mol. The number of nitrogens with one attached hydrogen (secondary N) is 1. The van der Waals surface area contributed by atoms with Gasteiger partial charge in [-0.3, -0.25) is 0 Å². The summed E-state index contributed by atoms with van der Waals surface area (Å²) < 4.78 is 0. The normalized spacial score (nSPS) is 22.1. The molecule has 1 N–H and O–H groups in total. The van der Waals surface area contributed by atoms with Crippen molar-refractivity contribution >= 4 is 17.4 Å². The van der Waals surface area contributed by atoms with Gasteiger partial charge in [0, 0.05) is 12.6 Å². The zero-order valence-corrected chi connectivity index (χ0v) is 10.5. The topological polar surface area (TPSA) is 41.1 Å². The number of anilines is 1. The van der Waals surface area contributed by atoms with Gasteiger partial charge in [-0.1, -0.05) is 11.6 Å². The summed E-state index contributed by atoms with van der Waals surface area (Å²) in [5.41, 5.74) is 0.774. The standard InChI is InChI=1S/C11H17ClN4/c1-8-11(12)13-6-10(14-8)15-9-4-3-5-16(2)7-9/h6,9H,3-5,7H2,1-2H3,(H,14,15). The van der Waals surface area contributed by atoms with Gasteiger partial charge < -0.3 is 10.2 Å². The highest BCUT2D eigenvalue weighted by atomic mass is 35.5. The largest absolute Gasteiger partial charge is 0.365 e. The van der Waals surface area contributed by atoms with E-state index in [2.05, 4.69) is 27.2 Å². The zero-order chi connectivity index (χ0) is 11.5. The third-order valence-electron chi connectivity index (χ3n) is 2.86. The van der Waals surface area contributed by atoms with E-state index in [4.69, 9.17) is 11.6 Å². The van der Waals surface area contributed by atoms with Crippen molar-refractivity contribution in [2.45, 2.75) is 25.8 Å². The first-order chi connectivity index (χ1) is 7.65. The van der Waals surface area contributed by atoms with Crippen molar-refractivity contribution in [3.8, 4) is 0 Å². The van der Waals surface area contributed by atoms with Crippen LogP contribution in [0.1, 0.15) is 18.5 Å². The van der Waals surface area contributed by atoms with E-state index in [-0.39, 0.29) is 0 Å². The molecule has 2 rings (SSSR count). The third kappa shape index (κ3) is 2.83. The molecule has 1 fully saturated rings. The van der Waals surface area contributed by atoms with Crippen LogP contribution in [0.2, 0.25) is 5.15 Å². The number of likely N-dealkylation sites (N-methyl/N-ethyl adjacent to an activating group) is 1. The lowest BCUT2D eigenvalue weighted by atomic mass is 10.1. The van der Waals surface area contributed by atoms with E-state index in [9.17, 15) is 0 Å². The Bertz CT molecular complexity index is 369. The molecule has 1 aromatic heterocycles. The van der Waals surface area contributed by atoms with Crippen LogP contribution in [0.3, 0.4) is 0 Å². The van der Waals surface area contributed by atoms with Crippen LogP contribution in [0.5, 0.6) is 0 Å². The van der Waals surface area contributed by atoms with Crippen LogP contribution < -0.4 is 5.32 Å². The van der Waals surface area contributed by atoms with Crippen LogP contribution >= 0.6 is 11.6 Å². The Morgan fingerprint density at radius 2 is 2.38 bits per heavy atom. The van der Waals surface area contributed by atoms with Crippen molar-refractivity contribution in [1.29, 1.82) is 0 Å². The van der Waals surface area contributed by atoms with Gasteiger partial charge >= 0.3 is 0 Å². The first kappa shape index (κ1) is 11.6. The molecule has 0 aromatic carbocycles. The smallest absolute Gasteiger partial charge is 0.150 e. The van der Waals surface area contributed by atoms with Gasteiger partial charge in [0.25, 0.3) is 0 Å². The van der Waals surface area contributed by atoms with E-state index in [1.165, 1.54) is 19.4 Å². The van der Waals surface area contributed by atoms with Crippen LogP contribution in [0, 0.1) is 6.92 Å². The summed E-state index contributed by atoms with van der Waals surface area (Å²) in [6, 6.07) is 0.466. The lowest BCUT2D eigenvalue weighted by Gasteiger charge is -2.30. The fraction of sp³-hybridized carbons (Fsp3) is 0.636. The molecule has 1 unspecified atom stereocenters. The third-order valence-corrected chi connectivity index (χ3v) is 3.23. The lowest BCUT2D eigenvalue weighted by molar-refractivity contribution is 0.260. The summed E-state index contributed by atoms with van der Waals surface area (Å²) in [7, 11) is 2.15. The first-order valence-corrected chi connectivity index (χ1v) is 5.97. The van der Waals surface area contributed by atoms with E-state index in [0.717, 1.165) is 18.1 Å². The number of aryl methyl sites for hydroxylation is 1. The predicted octanol–water partition coefficient (Wildman–Crippen LogP) is 1.94. The summed E-state index contributed by atoms with van der Waals surface area (Å²) in [6.45, 7) is 4.11. The minimum atomic E-state index is 0.466. The molecule has 1 atom stereocenters. The predicted molar refractivity (Wildman–Crippen MR) is 65.9 cm³/mol. The molecule has 5 heteroatoms. The van der Waals surface area contributed by atoms with Gasteiger partial charge in [-0.05, 0) is 33.4 Å².